The molecule has 0 radical (unpaired) electrons. The minimum atomic E-state index is -0.0611. The molecule has 1 atom stereocenters. The summed E-state index contributed by atoms with van der Waals surface area (Å²) in [7, 11) is 0. The Hall–Kier alpha value is -0.840. The fourth-order valence-corrected chi connectivity index (χ4v) is 2.54. The lowest BCUT2D eigenvalue weighted by atomic mass is 10.0. The lowest BCUT2D eigenvalue weighted by Crippen LogP contribution is -2.45. The zero-order valence-corrected chi connectivity index (χ0v) is 11.7. The molecular weight excluding hydrogens is 246 g/mol. The van der Waals surface area contributed by atoms with Crippen LogP contribution in [0.3, 0.4) is 0 Å². The Morgan fingerprint density at radius 3 is 2.44 bits per heavy atom. The first kappa shape index (κ1) is 13.6. The monoisotopic (exact) mass is 265 g/mol. The van der Waals surface area contributed by atoms with Crippen molar-refractivity contribution in [2.75, 3.05) is 32.6 Å². The van der Waals surface area contributed by atoms with Crippen molar-refractivity contribution in [3.63, 3.8) is 0 Å². The maximum absolute atomic E-state index is 12.4. The van der Waals surface area contributed by atoms with E-state index in [9.17, 15) is 4.79 Å². The van der Waals surface area contributed by atoms with Gasteiger partial charge in [0.25, 0.3) is 0 Å². The van der Waals surface area contributed by atoms with E-state index >= 15 is 0 Å². The van der Waals surface area contributed by atoms with Gasteiger partial charge in [-0.2, -0.15) is 0 Å². The van der Waals surface area contributed by atoms with Gasteiger partial charge in [0.15, 0.2) is 5.78 Å². The molecule has 0 amide bonds. The van der Waals surface area contributed by atoms with Crippen LogP contribution in [-0.2, 0) is 4.74 Å². The second-order valence-electron chi connectivity index (χ2n) is 4.42. The fourth-order valence-electron chi connectivity index (χ4n) is 2.13. The standard InChI is InChI=1S/C14H19NO2S/c1-11(15-7-9-17-10-8-15)14(16)12-3-5-13(18-2)6-4-12/h3-6,11H,7-10H2,1-2H3/t11-/m1/s1. The van der Waals surface area contributed by atoms with E-state index in [1.54, 1.807) is 11.8 Å². The zero-order chi connectivity index (χ0) is 13.0. The number of ketones is 1. The van der Waals surface area contributed by atoms with Crippen molar-refractivity contribution >= 4 is 17.5 Å². The van der Waals surface area contributed by atoms with Crippen LogP contribution in [0.5, 0.6) is 0 Å². The lowest BCUT2D eigenvalue weighted by molar-refractivity contribution is 0.0208. The number of Topliss-reactive ketones (excluding diaryl/α,β-unsaturated/α-hetero) is 1. The number of carbonyl (C=O) groups excluding carboxylic acids is 1. The summed E-state index contributed by atoms with van der Waals surface area (Å²) in [6.07, 6.45) is 2.03. The Morgan fingerprint density at radius 1 is 1.28 bits per heavy atom. The summed E-state index contributed by atoms with van der Waals surface area (Å²) in [5, 5.41) is 0. The number of ether oxygens (including phenoxy) is 1. The third-order valence-corrected chi connectivity index (χ3v) is 4.09. The smallest absolute Gasteiger partial charge is 0.179 e. The average Bonchev–Trinajstić information content (AvgIpc) is 2.47. The molecule has 3 nitrogen and oxygen atoms in total. The Balaban J connectivity index is 2.04. The van der Waals surface area contributed by atoms with Gasteiger partial charge in [0.2, 0.25) is 0 Å². The quantitative estimate of drug-likeness (QED) is 0.617. The third kappa shape index (κ3) is 3.13. The van der Waals surface area contributed by atoms with Crippen molar-refractivity contribution in [1.82, 2.24) is 4.90 Å². The molecule has 0 unspecified atom stereocenters. The van der Waals surface area contributed by atoms with Crippen molar-refractivity contribution in [3.8, 4) is 0 Å². The van der Waals surface area contributed by atoms with Crippen LogP contribution in [0.1, 0.15) is 17.3 Å². The van der Waals surface area contributed by atoms with E-state index in [0.717, 1.165) is 31.9 Å². The molecule has 0 saturated carbocycles. The SMILES string of the molecule is CSc1ccc(C(=O)[C@@H](C)N2CCOCC2)cc1. The second kappa shape index (κ2) is 6.36. The van der Waals surface area contributed by atoms with Crippen LogP contribution in [0.4, 0.5) is 0 Å². The first-order valence-electron chi connectivity index (χ1n) is 6.22. The van der Waals surface area contributed by atoms with Crippen LogP contribution < -0.4 is 0 Å². The molecule has 2 rings (SSSR count). The van der Waals surface area contributed by atoms with Crippen molar-refractivity contribution in [1.29, 1.82) is 0 Å². The van der Waals surface area contributed by atoms with E-state index in [1.165, 1.54) is 4.90 Å². The fraction of sp³-hybridized carbons (Fsp3) is 0.500. The normalized spacial score (nSPS) is 18.6. The summed E-state index contributed by atoms with van der Waals surface area (Å²) < 4.78 is 5.31. The van der Waals surface area contributed by atoms with Gasteiger partial charge in [-0.25, -0.2) is 0 Å². The minimum Gasteiger partial charge on any atom is -0.379 e. The highest BCUT2D eigenvalue weighted by atomic mass is 32.2. The van der Waals surface area contributed by atoms with E-state index in [4.69, 9.17) is 4.74 Å². The highest BCUT2D eigenvalue weighted by Gasteiger charge is 2.23. The third-order valence-electron chi connectivity index (χ3n) is 3.35. The van der Waals surface area contributed by atoms with Gasteiger partial charge in [-0.3, -0.25) is 9.69 Å². The van der Waals surface area contributed by atoms with E-state index < -0.39 is 0 Å². The predicted molar refractivity (Wildman–Crippen MR) is 74.4 cm³/mol. The number of nitrogens with zero attached hydrogens (tertiary/aromatic N) is 1. The van der Waals surface area contributed by atoms with Gasteiger partial charge in [-0.05, 0) is 25.3 Å². The van der Waals surface area contributed by atoms with Crippen LogP contribution in [-0.4, -0.2) is 49.3 Å². The molecule has 0 spiro atoms. The summed E-state index contributed by atoms with van der Waals surface area (Å²) in [4.78, 5) is 15.7. The molecule has 1 aliphatic rings. The maximum Gasteiger partial charge on any atom is 0.179 e. The molecule has 0 aliphatic carbocycles. The summed E-state index contributed by atoms with van der Waals surface area (Å²) in [6.45, 7) is 5.12. The number of carbonyl (C=O) groups is 1. The van der Waals surface area contributed by atoms with Crippen LogP contribution in [0.15, 0.2) is 29.2 Å². The van der Waals surface area contributed by atoms with Crippen LogP contribution in [0, 0.1) is 0 Å². The maximum atomic E-state index is 12.4. The minimum absolute atomic E-state index is 0.0611. The molecular formula is C14H19NO2S. The second-order valence-corrected chi connectivity index (χ2v) is 5.30. The molecule has 1 heterocycles. The molecule has 0 aromatic heterocycles. The zero-order valence-electron chi connectivity index (χ0n) is 10.9. The van der Waals surface area contributed by atoms with Gasteiger partial charge in [-0.1, -0.05) is 12.1 Å². The molecule has 1 saturated heterocycles. The van der Waals surface area contributed by atoms with Crippen molar-refractivity contribution in [2.24, 2.45) is 0 Å². The molecule has 1 fully saturated rings. The van der Waals surface area contributed by atoms with E-state index in [2.05, 4.69) is 4.90 Å². The topological polar surface area (TPSA) is 29.5 Å². The molecule has 0 bridgehead atoms. The van der Waals surface area contributed by atoms with Crippen LogP contribution in [0.25, 0.3) is 0 Å². The summed E-state index contributed by atoms with van der Waals surface area (Å²) >= 11 is 1.69. The number of morpholine rings is 1. The number of hydrogen-bond acceptors (Lipinski definition) is 4. The first-order valence-corrected chi connectivity index (χ1v) is 7.45. The number of rotatable bonds is 4. The van der Waals surface area contributed by atoms with Crippen LogP contribution in [0.2, 0.25) is 0 Å². The van der Waals surface area contributed by atoms with Gasteiger partial charge in [0.05, 0.1) is 19.3 Å². The Kier molecular flexibility index (Phi) is 4.80. The molecule has 98 valence electrons. The summed E-state index contributed by atoms with van der Waals surface area (Å²) in [6, 6.07) is 7.79. The van der Waals surface area contributed by atoms with Crippen molar-refractivity contribution < 1.29 is 9.53 Å². The van der Waals surface area contributed by atoms with Crippen molar-refractivity contribution in [2.45, 2.75) is 17.9 Å². The van der Waals surface area contributed by atoms with E-state index in [0.29, 0.717) is 0 Å². The summed E-state index contributed by atoms with van der Waals surface area (Å²) in [5.74, 6) is 0.199. The van der Waals surface area contributed by atoms with Gasteiger partial charge in [-0.15, -0.1) is 11.8 Å². The predicted octanol–water partition coefficient (Wildman–Crippen LogP) is 2.31. The van der Waals surface area contributed by atoms with Gasteiger partial charge in [0.1, 0.15) is 0 Å². The number of hydrogen-bond donors (Lipinski definition) is 0. The number of thioether (sulfide) groups is 1. The highest BCUT2D eigenvalue weighted by molar-refractivity contribution is 7.98. The average molecular weight is 265 g/mol. The Bertz CT molecular complexity index is 399. The molecule has 1 aliphatic heterocycles. The first-order chi connectivity index (χ1) is 8.72. The number of benzene rings is 1. The van der Waals surface area contributed by atoms with Crippen LogP contribution >= 0.6 is 11.8 Å². The van der Waals surface area contributed by atoms with Gasteiger partial charge in [0, 0.05) is 23.5 Å². The largest absolute Gasteiger partial charge is 0.379 e. The van der Waals surface area contributed by atoms with E-state index in [-0.39, 0.29) is 11.8 Å². The van der Waals surface area contributed by atoms with Crippen molar-refractivity contribution in [3.05, 3.63) is 29.8 Å². The Labute approximate surface area is 113 Å². The van der Waals surface area contributed by atoms with Gasteiger partial charge < -0.3 is 4.74 Å². The summed E-state index contributed by atoms with van der Waals surface area (Å²) in [5.41, 5.74) is 0.798. The van der Waals surface area contributed by atoms with E-state index in [1.807, 2.05) is 37.4 Å². The molecule has 4 heteroatoms. The molecule has 1 aromatic carbocycles. The highest BCUT2D eigenvalue weighted by Crippen LogP contribution is 2.17. The Morgan fingerprint density at radius 2 is 1.89 bits per heavy atom. The van der Waals surface area contributed by atoms with Gasteiger partial charge >= 0.3 is 0 Å². The lowest BCUT2D eigenvalue weighted by Gasteiger charge is -2.31. The molecule has 18 heavy (non-hydrogen) atoms. The molecule has 1 aromatic rings. The molecule has 0 N–H and O–H groups in total.